The van der Waals surface area contributed by atoms with Crippen LogP contribution in [0.3, 0.4) is 0 Å². The molecule has 114 valence electrons. The molecule has 0 spiro atoms. The molecule has 0 unspecified atom stereocenters. The van der Waals surface area contributed by atoms with Gasteiger partial charge in [0, 0.05) is 18.4 Å². The second-order valence-corrected chi connectivity index (χ2v) is 6.22. The quantitative estimate of drug-likeness (QED) is 0.925. The molecule has 1 amide bonds. The number of amides is 1. The molecule has 2 rings (SSSR count). The van der Waals surface area contributed by atoms with Gasteiger partial charge in [-0.05, 0) is 38.5 Å². The Morgan fingerprint density at radius 1 is 1.48 bits per heavy atom. The third-order valence-electron chi connectivity index (χ3n) is 3.06. The van der Waals surface area contributed by atoms with Gasteiger partial charge < -0.3 is 14.9 Å². The number of carbonyl (C=O) groups is 1. The van der Waals surface area contributed by atoms with Crippen LogP contribution >= 0.6 is 0 Å². The van der Waals surface area contributed by atoms with Crippen molar-refractivity contribution in [3.05, 3.63) is 29.8 Å². The van der Waals surface area contributed by atoms with Crippen molar-refractivity contribution >= 4 is 11.6 Å². The van der Waals surface area contributed by atoms with E-state index < -0.39 is 6.10 Å². The lowest BCUT2D eigenvalue weighted by atomic mass is 10.0. The summed E-state index contributed by atoms with van der Waals surface area (Å²) in [6, 6.07) is 7.81. The highest BCUT2D eigenvalue weighted by Gasteiger charge is 2.30. The Bertz CT molecular complexity index is 547. The molecule has 0 saturated heterocycles. The minimum Gasteiger partial charge on any atom is -0.497 e. The van der Waals surface area contributed by atoms with E-state index in [0.717, 1.165) is 17.0 Å². The van der Waals surface area contributed by atoms with Crippen LogP contribution in [-0.4, -0.2) is 30.4 Å². The minimum absolute atomic E-state index is 0.119. The molecule has 1 atom stereocenters. The van der Waals surface area contributed by atoms with Crippen LogP contribution in [0, 0.1) is 0 Å². The van der Waals surface area contributed by atoms with Crippen molar-refractivity contribution in [3.63, 3.8) is 0 Å². The van der Waals surface area contributed by atoms with E-state index in [2.05, 4.69) is 10.5 Å². The Balaban J connectivity index is 1.91. The standard InChI is InChI=1S/C16H22N2O3/c1-16(2,3)17-15(19)14-10-12(18-21-14)8-11-6-5-7-13(9-11)20-4/h5-7,9,14H,8,10H2,1-4H3,(H,17,19)/t14-/m0/s1. The normalized spacial score (nSPS) is 17.9. The summed E-state index contributed by atoms with van der Waals surface area (Å²) in [5.74, 6) is 0.695. The minimum atomic E-state index is -0.523. The first-order chi connectivity index (χ1) is 9.87. The summed E-state index contributed by atoms with van der Waals surface area (Å²) in [6.45, 7) is 5.83. The zero-order chi connectivity index (χ0) is 15.5. The van der Waals surface area contributed by atoms with E-state index in [1.165, 1.54) is 0 Å². The van der Waals surface area contributed by atoms with Crippen LogP contribution in [-0.2, 0) is 16.1 Å². The largest absolute Gasteiger partial charge is 0.497 e. The molecule has 21 heavy (non-hydrogen) atoms. The third kappa shape index (κ3) is 4.48. The predicted molar refractivity (Wildman–Crippen MR) is 81.5 cm³/mol. The number of hydrogen-bond donors (Lipinski definition) is 1. The highest BCUT2D eigenvalue weighted by molar-refractivity contribution is 5.94. The van der Waals surface area contributed by atoms with E-state index in [1.807, 2.05) is 45.0 Å². The molecule has 0 fully saturated rings. The van der Waals surface area contributed by atoms with Gasteiger partial charge in [0.15, 0.2) is 0 Å². The van der Waals surface area contributed by atoms with Crippen molar-refractivity contribution in [1.29, 1.82) is 0 Å². The lowest BCUT2D eigenvalue weighted by molar-refractivity contribution is -0.132. The number of benzene rings is 1. The van der Waals surface area contributed by atoms with Crippen molar-refractivity contribution in [2.75, 3.05) is 7.11 Å². The summed E-state index contributed by atoms with van der Waals surface area (Å²) in [6.07, 6.45) is 0.667. The Labute approximate surface area is 125 Å². The van der Waals surface area contributed by atoms with E-state index in [-0.39, 0.29) is 11.4 Å². The zero-order valence-electron chi connectivity index (χ0n) is 13.0. The van der Waals surface area contributed by atoms with E-state index in [0.29, 0.717) is 12.8 Å². The van der Waals surface area contributed by atoms with Crippen molar-refractivity contribution in [1.82, 2.24) is 5.32 Å². The number of oxime groups is 1. The molecular formula is C16H22N2O3. The fourth-order valence-electron chi connectivity index (χ4n) is 2.14. The van der Waals surface area contributed by atoms with Crippen LogP contribution in [0.1, 0.15) is 32.8 Å². The summed E-state index contributed by atoms with van der Waals surface area (Å²) < 4.78 is 5.20. The summed E-state index contributed by atoms with van der Waals surface area (Å²) in [4.78, 5) is 17.3. The summed E-state index contributed by atoms with van der Waals surface area (Å²) in [5, 5.41) is 6.94. The maximum Gasteiger partial charge on any atom is 0.264 e. The number of hydrogen-bond acceptors (Lipinski definition) is 4. The van der Waals surface area contributed by atoms with Gasteiger partial charge in [0.05, 0.1) is 12.8 Å². The van der Waals surface area contributed by atoms with Gasteiger partial charge in [0.25, 0.3) is 5.91 Å². The van der Waals surface area contributed by atoms with Gasteiger partial charge in [-0.3, -0.25) is 4.79 Å². The van der Waals surface area contributed by atoms with Gasteiger partial charge in [0.2, 0.25) is 6.10 Å². The van der Waals surface area contributed by atoms with E-state index in [1.54, 1.807) is 7.11 Å². The van der Waals surface area contributed by atoms with Crippen molar-refractivity contribution < 1.29 is 14.4 Å². The van der Waals surface area contributed by atoms with E-state index in [9.17, 15) is 4.79 Å². The molecule has 0 radical (unpaired) electrons. The Kier molecular flexibility index (Phi) is 4.50. The maximum absolute atomic E-state index is 12.0. The van der Waals surface area contributed by atoms with Crippen LogP contribution in [0.2, 0.25) is 0 Å². The van der Waals surface area contributed by atoms with E-state index in [4.69, 9.17) is 9.57 Å². The Morgan fingerprint density at radius 3 is 2.90 bits per heavy atom. The number of rotatable bonds is 4. The monoisotopic (exact) mass is 290 g/mol. The number of methoxy groups -OCH3 is 1. The molecule has 1 aromatic carbocycles. The molecule has 1 heterocycles. The van der Waals surface area contributed by atoms with Crippen molar-refractivity contribution in [2.45, 2.75) is 45.3 Å². The van der Waals surface area contributed by atoms with Gasteiger partial charge >= 0.3 is 0 Å². The van der Waals surface area contributed by atoms with Crippen LogP contribution in [0.15, 0.2) is 29.4 Å². The SMILES string of the molecule is COc1cccc(CC2=NO[C@H](C(=O)NC(C)(C)C)C2)c1. The molecule has 1 aromatic rings. The molecule has 0 aromatic heterocycles. The van der Waals surface area contributed by atoms with Gasteiger partial charge in [-0.2, -0.15) is 0 Å². The summed E-state index contributed by atoms with van der Waals surface area (Å²) in [7, 11) is 1.64. The molecule has 1 aliphatic heterocycles. The molecular weight excluding hydrogens is 268 g/mol. The smallest absolute Gasteiger partial charge is 0.264 e. The van der Waals surface area contributed by atoms with Gasteiger partial charge in [-0.15, -0.1) is 0 Å². The first kappa shape index (κ1) is 15.4. The fraction of sp³-hybridized carbons (Fsp3) is 0.500. The molecule has 0 bridgehead atoms. The summed E-state index contributed by atoms with van der Waals surface area (Å²) >= 11 is 0. The molecule has 1 aliphatic rings. The molecule has 5 nitrogen and oxygen atoms in total. The van der Waals surface area contributed by atoms with E-state index >= 15 is 0 Å². The fourth-order valence-corrected chi connectivity index (χ4v) is 2.14. The first-order valence-electron chi connectivity index (χ1n) is 7.04. The number of ether oxygens (including phenoxy) is 1. The Hall–Kier alpha value is -2.04. The highest BCUT2D eigenvalue weighted by atomic mass is 16.6. The third-order valence-corrected chi connectivity index (χ3v) is 3.06. The molecule has 1 N–H and O–H groups in total. The second-order valence-electron chi connectivity index (χ2n) is 6.22. The summed E-state index contributed by atoms with van der Waals surface area (Å²) in [5.41, 5.74) is 1.70. The molecule has 0 aliphatic carbocycles. The topological polar surface area (TPSA) is 59.9 Å². The number of nitrogens with zero attached hydrogens (tertiary/aromatic N) is 1. The van der Waals surface area contributed by atoms with Gasteiger partial charge in [-0.25, -0.2) is 0 Å². The molecule has 0 saturated carbocycles. The van der Waals surface area contributed by atoms with Gasteiger partial charge in [0.1, 0.15) is 5.75 Å². The van der Waals surface area contributed by atoms with Crippen LogP contribution < -0.4 is 10.1 Å². The highest BCUT2D eigenvalue weighted by Crippen LogP contribution is 2.18. The van der Waals surface area contributed by atoms with Gasteiger partial charge in [-0.1, -0.05) is 17.3 Å². The first-order valence-corrected chi connectivity index (χ1v) is 7.04. The average molecular weight is 290 g/mol. The van der Waals surface area contributed by atoms with Crippen LogP contribution in [0.5, 0.6) is 5.75 Å². The lowest BCUT2D eigenvalue weighted by Gasteiger charge is -2.22. The second kappa shape index (κ2) is 6.16. The van der Waals surface area contributed by atoms with Crippen molar-refractivity contribution in [2.24, 2.45) is 5.16 Å². The number of carbonyl (C=O) groups excluding carboxylic acids is 1. The number of nitrogens with one attached hydrogen (secondary N) is 1. The zero-order valence-corrected chi connectivity index (χ0v) is 13.0. The molecule has 5 heteroatoms. The van der Waals surface area contributed by atoms with Crippen molar-refractivity contribution in [3.8, 4) is 5.75 Å². The predicted octanol–water partition coefficient (Wildman–Crippen LogP) is 2.30. The lowest BCUT2D eigenvalue weighted by Crippen LogP contribution is -2.45. The van der Waals surface area contributed by atoms with Crippen LogP contribution in [0.25, 0.3) is 0 Å². The maximum atomic E-state index is 12.0. The average Bonchev–Trinajstić information content (AvgIpc) is 2.85. The Morgan fingerprint density at radius 2 is 2.24 bits per heavy atom. The van der Waals surface area contributed by atoms with Crippen LogP contribution in [0.4, 0.5) is 0 Å².